The van der Waals surface area contributed by atoms with Gasteiger partial charge >= 0.3 is 0 Å². The Labute approximate surface area is 133 Å². The number of aryl methyl sites for hydroxylation is 1. The second kappa shape index (κ2) is 6.16. The van der Waals surface area contributed by atoms with Crippen LogP contribution < -0.4 is 11.5 Å². The van der Waals surface area contributed by atoms with E-state index in [0.717, 1.165) is 22.5 Å². The largest absolute Gasteiger partial charge is 0.369 e. The number of pyridine rings is 1. The highest BCUT2D eigenvalue weighted by Gasteiger charge is 2.28. The van der Waals surface area contributed by atoms with E-state index in [0.29, 0.717) is 18.4 Å². The lowest BCUT2D eigenvalue weighted by atomic mass is 9.80. The molecule has 0 spiro atoms. The van der Waals surface area contributed by atoms with Gasteiger partial charge in [0.1, 0.15) is 5.82 Å². The van der Waals surface area contributed by atoms with E-state index in [-0.39, 0.29) is 17.7 Å². The zero-order chi connectivity index (χ0) is 16.4. The molecule has 1 aliphatic carbocycles. The summed E-state index contributed by atoms with van der Waals surface area (Å²) < 4.78 is 14.1. The van der Waals surface area contributed by atoms with Gasteiger partial charge in [-0.15, -0.1) is 5.10 Å². The summed E-state index contributed by atoms with van der Waals surface area (Å²) in [6, 6.07) is 8.73. The van der Waals surface area contributed by atoms with Crippen LogP contribution in [0.15, 0.2) is 46.7 Å². The first-order valence-corrected chi connectivity index (χ1v) is 7.41. The van der Waals surface area contributed by atoms with Gasteiger partial charge in [0, 0.05) is 11.8 Å². The fourth-order valence-corrected chi connectivity index (χ4v) is 3.04. The minimum absolute atomic E-state index is 0.0362. The number of halogens is 1. The lowest BCUT2D eigenvalue weighted by Gasteiger charge is -2.26. The van der Waals surface area contributed by atoms with Crippen molar-refractivity contribution in [2.24, 2.45) is 21.7 Å². The SMILES string of the molecule is Cc1ccnc2c1/C(=N/N=C(N)N)CC(c1ccccc1F)C2. The number of benzene rings is 1. The van der Waals surface area contributed by atoms with Crippen LogP contribution >= 0.6 is 0 Å². The van der Waals surface area contributed by atoms with E-state index in [2.05, 4.69) is 15.2 Å². The Kier molecular flexibility index (Phi) is 4.06. The minimum atomic E-state index is -0.213. The zero-order valence-electron chi connectivity index (χ0n) is 12.8. The third-order valence-electron chi connectivity index (χ3n) is 4.04. The summed E-state index contributed by atoms with van der Waals surface area (Å²) in [7, 11) is 0. The number of nitrogens with two attached hydrogens (primary N) is 2. The lowest BCUT2D eigenvalue weighted by molar-refractivity contribution is 0.572. The second-order valence-electron chi connectivity index (χ2n) is 5.65. The van der Waals surface area contributed by atoms with Gasteiger partial charge in [0.05, 0.1) is 11.4 Å². The van der Waals surface area contributed by atoms with E-state index in [1.165, 1.54) is 6.07 Å². The second-order valence-corrected chi connectivity index (χ2v) is 5.65. The summed E-state index contributed by atoms with van der Waals surface area (Å²) in [6.07, 6.45) is 2.99. The molecule has 0 fully saturated rings. The molecule has 0 bridgehead atoms. The molecule has 0 aliphatic heterocycles. The molecule has 0 saturated heterocycles. The number of fused-ring (bicyclic) bond motifs is 1. The van der Waals surface area contributed by atoms with E-state index < -0.39 is 0 Å². The van der Waals surface area contributed by atoms with Crippen LogP contribution in [0, 0.1) is 12.7 Å². The maximum atomic E-state index is 14.1. The van der Waals surface area contributed by atoms with E-state index in [1.807, 2.05) is 19.1 Å². The van der Waals surface area contributed by atoms with Gasteiger partial charge in [0.25, 0.3) is 0 Å². The maximum absolute atomic E-state index is 14.1. The summed E-state index contributed by atoms with van der Waals surface area (Å²) >= 11 is 0. The number of guanidine groups is 1. The van der Waals surface area contributed by atoms with Gasteiger partial charge in [-0.05, 0) is 48.9 Å². The molecule has 0 saturated carbocycles. The number of nitrogens with zero attached hydrogens (tertiary/aromatic N) is 3. The van der Waals surface area contributed by atoms with Gasteiger partial charge in [0.15, 0.2) is 0 Å². The first-order chi connectivity index (χ1) is 11.1. The molecule has 1 heterocycles. The first-order valence-electron chi connectivity index (χ1n) is 7.41. The summed E-state index contributed by atoms with van der Waals surface area (Å²) in [5.41, 5.74) is 15.1. The van der Waals surface area contributed by atoms with Gasteiger partial charge in [-0.1, -0.05) is 18.2 Å². The summed E-state index contributed by atoms with van der Waals surface area (Å²) in [5, 5.41) is 7.96. The van der Waals surface area contributed by atoms with Gasteiger partial charge < -0.3 is 11.5 Å². The average Bonchev–Trinajstić information content (AvgIpc) is 2.53. The molecule has 0 radical (unpaired) electrons. The topological polar surface area (TPSA) is 89.6 Å². The molecule has 6 heteroatoms. The normalized spacial score (nSPS) is 18.5. The van der Waals surface area contributed by atoms with Crippen LogP contribution in [0.1, 0.15) is 34.7 Å². The molecule has 1 unspecified atom stereocenters. The predicted octanol–water partition coefficient (Wildman–Crippen LogP) is 2.24. The van der Waals surface area contributed by atoms with Gasteiger partial charge in [-0.2, -0.15) is 5.10 Å². The summed E-state index contributed by atoms with van der Waals surface area (Å²) in [5.74, 6) is -0.352. The quantitative estimate of drug-likeness (QED) is 0.506. The standard InChI is InChI=1S/C17H18FN5/c1-10-6-7-21-14-8-11(12-4-2-3-5-13(12)18)9-15(16(10)14)22-23-17(19)20/h2-7,11H,8-9H2,1H3,(H4,19,20,23)/b22-15+. The zero-order valence-corrected chi connectivity index (χ0v) is 12.8. The molecule has 1 aromatic carbocycles. The molecule has 2 aromatic rings. The van der Waals surface area contributed by atoms with Crippen LogP contribution in [0.5, 0.6) is 0 Å². The van der Waals surface area contributed by atoms with Crippen molar-refractivity contribution in [3.63, 3.8) is 0 Å². The number of aromatic nitrogens is 1. The molecule has 23 heavy (non-hydrogen) atoms. The summed E-state index contributed by atoms with van der Waals surface area (Å²) in [4.78, 5) is 4.45. The molecule has 4 N–H and O–H groups in total. The van der Waals surface area contributed by atoms with E-state index >= 15 is 0 Å². The average molecular weight is 311 g/mol. The van der Waals surface area contributed by atoms with Crippen molar-refractivity contribution in [3.8, 4) is 0 Å². The highest BCUT2D eigenvalue weighted by atomic mass is 19.1. The molecular weight excluding hydrogens is 293 g/mol. The van der Waals surface area contributed by atoms with E-state index in [1.54, 1.807) is 18.3 Å². The van der Waals surface area contributed by atoms with Crippen LogP contribution in [0.4, 0.5) is 4.39 Å². The first kappa shape index (κ1) is 15.1. The van der Waals surface area contributed by atoms with Crippen LogP contribution in [-0.4, -0.2) is 16.7 Å². The molecule has 1 aromatic heterocycles. The fraction of sp³-hybridized carbons (Fsp3) is 0.235. The molecule has 1 aliphatic rings. The van der Waals surface area contributed by atoms with Crippen LogP contribution in [0.25, 0.3) is 0 Å². The molecule has 3 rings (SSSR count). The van der Waals surface area contributed by atoms with Gasteiger partial charge in [-0.3, -0.25) is 4.98 Å². The molecule has 0 amide bonds. The number of hydrogen-bond acceptors (Lipinski definition) is 3. The van der Waals surface area contributed by atoms with Crippen molar-refractivity contribution in [2.75, 3.05) is 0 Å². The minimum Gasteiger partial charge on any atom is -0.369 e. The smallest absolute Gasteiger partial charge is 0.211 e. The van der Waals surface area contributed by atoms with Crippen molar-refractivity contribution in [3.05, 3.63) is 64.7 Å². The van der Waals surface area contributed by atoms with Crippen LogP contribution in [0.2, 0.25) is 0 Å². The van der Waals surface area contributed by atoms with E-state index in [4.69, 9.17) is 11.5 Å². The molecular formula is C17H18FN5. The fourth-order valence-electron chi connectivity index (χ4n) is 3.04. The van der Waals surface area contributed by atoms with Crippen molar-refractivity contribution >= 4 is 11.7 Å². The van der Waals surface area contributed by atoms with Crippen molar-refractivity contribution in [1.82, 2.24) is 4.98 Å². The van der Waals surface area contributed by atoms with Crippen LogP contribution in [-0.2, 0) is 6.42 Å². The van der Waals surface area contributed by atoms with Crippen molar-refractivity contribution in [2.45, 2.75) is 25.7 Å². The van der Waals surface area contributed by atoms with Crippen molar-refractivity contribution < 1.29 is 4.39 Å². The Balaban J connectivity index is 2.08. The molecule has 118 valence electrons. The third-order valence-corrected chi connectivity index (χ3v) is 4.04. The highest BCUT2D eigenvalue weighted by molar-refractivity contribution is 6.04. The molecule has 1 atom stereocenters. The van der Waals surface area contributed by atoms with Crippen molar-refractivity contribution in [1.29, 1.82) is 0 Å². The summed E-state index contributed by atoms with van der Waals surface area (Å²) in [6.45, 7) is 2.00. The van der Waals surface area contributed by atoms with E-state index in [9.17, 15) is 4.39 Å². The maximum Gasteiger partial charge on any atom is 0.211 e. The Bertz CT molecular complexity index is 793. The third kappa shape index (κ3) is 3.06. The Morgan fingerprint density at radius 3 is 2.74 bits per heavy atom. The van der Waals surface area contributed by atoms with Gasteiger partial charge in [0.2, 0.25) is 5.96 Å². The molecule has 5 nitrogen and oxygen atoms in total. The Morgan fingerprint density at radius 1 is 1.22 bits per heavy atom. The predicted molar refractivity (Wildman–Crippen MR) is 88.8 cm³/mol. The number of rotatable bonds is 2. The Hall–Kier alpha value is -2.76. The monoisotopic (exact) mass is 311 g/mol. The number of hydrogen-bond donors (Lipinski definition) is 2. The lowest BCUT2D eigenvalue weighted by Crippen LogP contribution is -2.24. The van der Waals surface area contributed by atoms with Gasteiger partial charge in [-0.25, -0.2) is 4.39 Å². The highest BCUT2D eigenvalue weighted by Crippen LogP contribution is 2.34. The van der Waals surface area contributed by atoms with Crippen LogP contribution in [0.3, 0.4) is 0 Å². The Morgan fingerprint density at radius 2 is 2.00 bits per heavy atom.